The topological polar surface area (TPSA) is 50.1 Å². The van der Waals surface area contributed by atoms with E-state index in [1.807, 2.05) is 12.5 Å². The Kier molecular flexibility index (Phi) is 5.49. The highest BCUT2D eigenvalue weighted by Gasteiger charge is 2.06. The third-order valence-electron chi connectivity index (χ3n) is 2.73. The van der Waals surface area contributed by atoms with Gasteiger partial charge in [-0.15, -0.1) is 0 Å². The van der Waals surface area contributed by atoms with E-state index in [-0.39, 0.29) is 6.61 Å². The van der Waals surface area contributed by atoms with E-state index in [0.717, 1.165) is 19.4 Å². The highest BCUT2D eigenvalue weighted by atomic mass is 16.2. The van der Waals surface area contributed by atoms with Crippen molar-refractivity contribution in [3.8, 4) is 0 Å². The van der Waals surface area contributed by atoms with Crippen molar-refractivity contribution in [2.75, 3.05) is 6.61 Å². The van der Waals surface area contributed by atoms with Gasteiger partial charge in [-0.05, 0) is 33.6 Å². The molecule has 1 unspecified atom stereocenters. The van der Waals surface area contributed by atoms with Gasteiger partial charge in [-0.3, -0.25) is 0 Å². The molecule has 92 valence electrons. The third kappa shape index (κ3) is 3.94. The molecule has 0 fully saturated rings. The molecule has 0 radical (unpaired) electrons. The summed E-state index contributed by atoms with van der Waals surface area (Å²) in [6.07, 6.45) is 5.65. The second-order valence-corrected chi connectivity index (χ2v) is 4.53. The largest absolute Gasteiger partial charge is 0.396 e. The van der Waals surface area contributed by atoms with Gasteiger partial charge in [0, 0.05) is 31.4 Å². The van der Waals surface area contributed by atoms with Crippen molar-refractivity contribution < 1.29 is 5.11 Å². The Bertz CT molecular complexity index is 296. The molecule has 4 heteroatoms. The van der Waals surface area contributed by atoms with Crippen LogP contribution in [0.2, 0.25) is 0 Å². The minimum absolute atomic E-state index is 0.274. The fraction of sp³-hybridized carbons (Fsp3) is 0.750. The lowest BCUT2D eigenvalue weighted by molar-refractivity contribution is 0.276. The van der Waals surface area contributed by atoms with Crippen molar-refractivity contribution in [1.29, 1.82) is 0 Å². The minimum Gasteiger partial charge on any atom is -0.396 e. The predicted octanol–water partition coefficient (Wildman–Crippen LogP) is 1.71. The van der Waals surface area contributed by atoms with Crippen molar-refractivity contribution in [2.45, 2.75) is 52.2 Å². The van der Waals surface area contributed by atoms with Gasteiger partial charge in [0.25, 0.3) is 0 Å². The molecule has 0 aliphatic heterocycles. The van der Waals surface area contributed by atoms with E-state index in [4.69, 9.17) is 5.11 Å². The van der Waals surface area contributed by atoms with E-state index in [1.54, 1.807) is 0 Å². The van der Waals surface area contributed by atoms with Crippen molar-refractivity contribution in [1.82, 2.24) is 14.9 Å². The van der Waals surface area contributed by atoms with Gasteiger partial charge in [-0.2, -0.15) is 0 Å². The van der Waals surface area contributed by atoms with Crippen LogP contribution < -0.4 is 5.32 Å². The number of aromatic nitrogens is 2. The van der Waals surface area contributed by atoms with Crippen molar-refractivity contribution in [3.63, 3.8) is 0 Å². The predicted molar refractivity (Wildman–Crippen MR) is 65.2 cm³/mol. The molecule has 1 heterocycles. The zero-order valence-electron chi connectivity index (χ0n) is 10.5. The molecule has 16 heavy (non-hydrogen) atoms. The second kappa shape index (κ2) is 6.66. The van der Waals surface area contributed by atoms with Gasteiger partial charge in [0.1, 0.15) is 0 Å². The summed E-state index contributed by atoms with van der Waals surface area (Å²) >= 11 is 0. The first-order chi connectivity index (χ1) is 7.65. The lowest BCUT2D eigenvalue weighted by Crippen LogP contribution is -2.27. The molecule has 0 bridgehead atoms. The van der Waals surface area contributed by atoms with E-state index in [2.05, 4.69) is 35.6 Å². The lowest BCUT2D eigenvalue weighted by atomic mass is 10.2. The van der Waals surface area contributed by atoms with Crippen LogP contribution in [0.5, 0.6) is 0 Å². The number of hydrogen-bond donors (Lipinski definition) is 2. The smallest absolute Gasteiger partial charge is 0.0951 e. The minimum atomic E-state index is 0.274. The standard InChI is InChI=1S/C12H23N3O/c1-10(2)15-9-13-7-12(15)8-14-11(3)5-4-6-16/h7,9-11,14,16H,4-6,8H2,1-3H3. The number of aliphatic hydroxyl groups excluding tert-OH is 1. The molecule has 0 aliphatic rings. The Morgan fingerprint density at radius 1 is 1.44 bits per heavy atom. The van der Waals surface area contributed by atoms with Crippen LogP contribution in [0, 0.1) is 0 Å². The number of hydrogen-bond acceptors (Lipinski definition) is 3. The van der Waals surface area contributed by atoms with Crippen LogP contribution >= 0.6 is 0 Å². The van der Waals surface area contributed by atoms with Crippen LogP contribution in [-0.2, 0) is 6.54 Å². The Balaban J connectivity index is 2.39. The highest BCUT2D eigenvalue weighted by Crippen LogP contribution is 2.09. The maximum absolute atomic E-state index is 8.74. The molecular weight excluding hydrogens is 202 g/mol. The fourth-order valence-electron chi connectivity index (χ4n) is 1.71. The molecule has 2 N–H and O–H groups in total. The molecule has 0 aromatic carbocycles. The van der Waals surface area contributed by atoms with Crippen LogP contribution in [-0.4, -0.2) is 27.3 Å². The summed E-state index contributed by atoms with van der Waals surface area (Å²) in [6.45, 7) is 7.56. The Hall–Kier alpha value is -0.870. The number of nitrogens with one attached hydrogen (secondary N) is 1. The van der Waals surface area contributed by atoms with E-state index in [1.165, 1.54) is 5.69 Å². The molecule has 0 aliphatic carbocycles. The molecular formula is C12H23N3O. The molecule has 4 nitrogen and oxygen atoms in total. The summed E-state index contributed by atoms with van der Waals surface area (Å²) in [4.78, 5) is 4.17. The quantitative estimate of drug-likeness (QED) is 0.743. The molecule has 0 spiro atoms. The summed E-state index contributed by atoms with van der Waals surface area (Å²) in [7, 11) is 0. The maximum atomic E-state index is 8.74. The Morgan fingerprint density at radius 2 is 2.19 bits per heavy atom. The number of aliphatic hydroxyl groups is 1. The van der Waals surface area contributed by atoms with Crippen molar-refractivity contribution >= 4 is 0 Å². The first-order valence-corrected chi connectivity index (χ1v) is 6.00. The number of imidazole rings is 1. The van der Waals surface area contributed by atoms with Crippen LogP contribution in [0.3, 0.4) is 0 Å². The molecule has 1 rings (SSSR count). The van der Waals surface area contributed by atoms with E-state index < -0.39 is 0 Å². The van der Waals surface area contributed by atoms with E-state index in [0.29, 0.717) is 12.1 Å². The van der Waals surface area contributed by atoms with Gasteiger partial charge in [-0.1, -0.05) is 0 Å². The average molecular weight is 225 g/mol. The van der Waals surface area contributed by atoms with Gasteiger partial charge in [0.15, 0.2) is 0 Å². The summed E-state index contributed by atoms with van der Waals surface area (Å²) in [5, 5.41) is 12.2. The molecule has 0 amide bonds. The molecule has 1 aromatic heterocycles. The maximum Gasteiger partial charge on any atom is 0.0951 e. The van der Waals surface area contributed by atoms with Crippen LogP contribution in [0.15, 0.2) is 12.5 Å². The first kappa shape index (κ1) is 13.2. The zero-order chi connectivity index (χ0) is 12.0. The molecule has 0 saturated carbocycles. The van der Waals surface area contributed by atoms with Gasteiger partial charge < -0.3 is 15.0 Å². The lowest BCUT2D eigenvalue weighted by Gasteiger charge is -2.16. The Morgan fingerprint density at radius 3 is 2.81 bits per heavy atom. The number of nitrogens with zero attached hydrogens (tertiary/aromatic N) is 2. The van der Waals surface area contributed by atoms with Gasteiger partial charge in [0.05, 0.1) is 12.0 Å². The average Bonchev–Trinajstić information content (AvgIpc) is 2.71. The Labute approximate surface area is 97.7 Å². The third-order valence-corrected chi connectivity index (χ3v) is 2.73. The highest BCUT2D eigenvalue weighted by molar-refractivity contribution is 4.99. The zero-order valence-corrected chi connectivity index (χ0v) is 10.5. The monoisotopic (exact) mass is 225 g/mol. The van der Waals surface area contributed by atoms with Gasteiger partial charge in [0.2, 0.25) is 0 Å². The first-order valence-electron chi connectivity index (χ1n) is 6.00. The second-order valence-electron chi connectivity index (χ2n) is 4.53. The van der Waals surface area contributed by atoms with E-state index in [9.17, 15) is 0 Å². The van der Waals surface area contributed by atoms with Crippen LogP contribution in [0.25, 0.3) is 0 Å². The van der Waals surface area contributed by atoms with E-state index >= 15 is 0 Å². The SMILES string of the molecule is CC(CCCO)NCc1cncn1C(C)C. The molecule has 1 atom stereocenters. The summed E-state index contributed by atoms with van der Waals surface area (Å²) < 4.78 is 2.17. The molecule has 0 saturated heterocycles. The summed E-state index contributed by atoms with van der Waals surface area (Å²) in [6, 6.07) is 0.884. The summed E-state index contributed by atoms with van der Waals surface area (Å²) in [5.74, 6) is 0. The van der Waals surface area contributed by atoms with Gasteiger partial charge >= 0.3 is 0 Å². The number of rotatable bonds is 7. The van der Waals surface area contributed by atoms with Crippen LogP contribution in [0.4, 0.5) is 0 Å². The van der Waals surface area contributed by atoms with Gasteiger partial charge in [-0.25, -0.2) is 4.98 Å². The fourth-order valence-corrected chi connectivity index (χ4v) is 1.71. The summed E-state index contributed by atoms with van der Waals surface area (Å²) in [5.41, 5.74) is 1.21. The van der Waals surface area contributed by atoms with Crippen LogP contribution in [0.1, 0.15) is 45.3 Å². The van der Waals surface area contributed by atoms with Crippen molar-refractivity contribution in [2.24, 2.45) is 0 Å². The molecule has 1 aromatic rings. The normalized spacial score (nSPS) is 13.3. The van der Waals surface area contributed by atoms with Crippen molar-refractivity contribution in [3.05, 3.63) is 18.2 Å².